The number of anilines is 1. The van der Waals surface area contributed by atoms with Gasteiger partial charge in [0.1, 0.15) is 18.7 Å². The third-order valence-corrected chi connectivity index (χ3v) is 5.25. The largest absolute Gasteiger partial charge is 0.369 e. The molecule has 0 radical (unpaired) electrons. The number of piperazine rings is 1. The summed E-state index contributed by atoms with van der Waals surface area (Å²) in [7, 11) is 1.88. The number of aryl methyl sites for hydroxylation is 1. The molecule has 0 atom stereocenters. The van der Waals surface area contributed by atoms with Gasteiger partial charge in [-0.05, 0) is 38.1 Å². The summed E-state index contributed by atoms with van der Waals surface area (Å²) in [6.45, 7) is 9.61. The van der Waals surface area contributed by atoms with Gasteiger partial charge >= 0.3 is 0 Å². The van der Waals surface area contributed by atoms with Crippen molar-refractivity contribution in [2.75, 3.05) is 50.7 Å². The number of aliphatic imine (C=N–C) groups is 1. The Morgan fingerprint density at radius 2 is 2.00 bits per heavy atom. The molecule has 8 nitrogen and oxygen atoms in total. The van der Waals surface area contributed by atoms with Crippen molar-refractivity contribution in [3.8, 4) is 0 Å². The Morgan fingerprint density at radius 1 is 1.20 bits per heavy atom. The molecule has 2 heterocycles. The van der Waals surface area contributed by atoms with Crippen LogP contribution in [0.5, 0.6) is 0 Å². The van der Waals surface area contributed by atoms with Gasteiger partial charge in [-0.25, -0.2) is 9.98 Å². The smallest absolute Gasteiger partial charge is 0.191 e. The van der Waals surface area contributed by atoms with Crippen molar-refractivity contribution < 1.29 is 0 Å². The first kappa shape index (κ1) is 24.7. The van der Waals surface area contributed by atoms with Gasteiger partial charge < -0.3 is 15.5 Å². The molecule has 30 heavy (non-hydrogen) atoms. The molecule has 1 aromatic carbocycles. The second kappa shape index (κ2) is 13.0. The lowest BCUT2D eigenvalue weighted by atomic mass is 10.2. The van der Waals surface area contributed by atoms with Crippen LogP contribution in [0.1, 0.15) is 19.2 Å². The summed E-state index contributed by atoms with van der Waals surface area (Å²) >= 11 is 6.12. The number of hydrogen-bond acceptors (Lipinski definition) is 5. The third kappa shape index (κ3) is 7.59. The van der Waals surface area contributed by atoms with Gasteiger partial charge in [0.2, 0.25) is 0 Å². The van der Waals surface area contributed by atoms with E-state index in [2.05, 4.69) is 48.5 Å². The van der Waals surface area contributed by atoms with E-state index in [1.54, 1.807) is 11.0 Å². The highest BCUT2D eigenvalue weighted by Crippen LogP contribution is 2.20. The average Bonchev–Trinajstić information content (AvgIpc) is 3.14. The molecule has 1 aliphatic heterocycles. The minimum atomic E-state index is 0. The van der Waals surface area contributed by atoms with E-state index in [1.165, 1.54) is 5.69 Å². The molecule has 10 heteroatoms. The average molecular weight is 547 g/mol. The number of aromatic nitrogens is 3. The highest BCUT2D eigenvalue weighted by atomic mass is 127. The van der Waals surface area contributed by atoms with Crippen molar-refractivity contribution in [3.63, 3.8) is 0 Å². The van der Waals surface area contributed by atoms with Crippen molar-refractivity contribution in [3.05, 3.63) is 41.4 Å². The molecule has 0 unspecified atom stereocenters. The molecule has 166 valence electrons. The Bertz CT molecular complexity index is 789. The van der Waals surface area contributed by atoms with Crippen molar-refractivity contribution in [1.29, 1.82) is 0 Å². The van der Waals surface area contributed by atoms with Crippen molar-refractivity contribution in [2.45, 2.75) is 19.9 Å². The van der Waals surface area contributed by atoms with Crippen molar-refractivity contribution in [2.24, 2.45) is 12.0 Å². The quantitative estimate of drug-likeness (QED) is 0.229. The van der Waals surface area contributed by atoms with Crippen molar-refractivity contribution >= 4 is 47.2 Å². The summed E-state index contributed by atoms with van der Waals surface area (Å²) in [6.07, 6.45) is 2.63. The molecule has 3 rings (SSSR count). The lowest BCUT2D eigenvalue weighted by Crippen LogP contribution is -2.47. The van der Waals surface area contributed by atoms with Gasteiger partial charge in [-0.15, -0.1) is 24.0 Å². The first-order chi connectivity index (χ1) is 14.2. The lowest BCUT2D eigenvalue weighted by Gasteiger charge is -2.36. The van der Waals surface area contributed by atoms with Crippen LogP contribution in [0.25, 0.3) is 0 Å². The number of halogens is 2. The van der Waals surface area contributed by atoms with Crippen LogP contribution in [-0.4, -0.2) is 71.4 Å². The minimum absolute atomic E-state index is 0. The van der Waals surface area contributed by atoms with E-state index in [0.717, 1.165) is 69.0 Å². The second-order valence-corrected chi connectivity index (χ2v) is 7.52. The zero-order chi connectivity index (χ0) is 20.5. The highest BCUT2D eigenvalue weighted by Gasteiger charge is 2.16. The van der Waals surface area contributed by atoms with Crippen LogP contribution in [0, 0.1) is 0 Å². The predicted octanol–water partition coefficient (Wildman–Crippen LogP) is 2.35. The number of guanidine groups is 1. The zero-order valence-electron chi connectivity index (χ0n) is 17.7. The maximum atomic E-state index is 6.12. The fourth-order valence-corrected chi connectivity index (χ4v) is 3.55. The number of hydrogen-bond donors (Lipinski definition) is 2. The Labute approximate surface area is 201 Å². The van der Waals surface area contributed by atoms with E-state index in [0.29, 0.717) is 6.54 Å². The summed E-state index contributed by atoms with van der Waals surface area (Å²) < 4.78 is 1.75. The van der Waals surface area contributed by atoms with Gasteiger partial charge in [-0.3, -0.25) is 9.58 Å². The summed E-state index contributed by atoms with van der Waals surface area (Å²) in [4.78, 5) is 13.7. The van der Waals surface area contributed by atoms with E-state index in [9.17, 15) is 0 Å². The summed E-state index contributed by atoms with van der Waals surface area (Å²) in [5.74, 6) is 1.67. The monoisotopic (exact) mass is 546 g/mol. The van der Waals surface area contributed by atoms with E-state index < -0.39 is 0 Å². The van der Waals surface area contributed by atoms with E-state index in [1.807, 2.05) is 25.2 Å². The molecule has 2 N–H and O–H groups in total. The number of nitrogens with zero attached hydrogens (tertiary/aromatic N) is 6. The number of rotatable bonds is 8. The fraction of sp³-hybridized carbons (Fsp3) is 0.550. The van der Waals surface area contributed by atoms with Crippen LogP contribution in [0.4, 0.5) is 5.69 Å². The molecule has 2 aromatic rings. The molecule has 0 amide bonds. The normalized spacial score (nSPS) is 15.0. The zero-order valence-corrected chi connectivity index (χ0v) is 20.8. The Balaban J connectivity index is 0.00000320. The van der Waals surface area contributed by atoms with Gasteiger partial charge in [0, 0.05) is 57.0 Å². The van der Waals surface area contributed by atoms with Gasteiger partial charge in [0.15, 0.2) is 5.96 Å². The van der Waals surface area contributed by atoms with Crippen LogP contribution in [0.15, 0.2) is 35.6 Å². The SMILES string of the molecule is CCNC(=NCc1ncnn1C)NCCCN1CCN(c2cccc(Cl)c2)CC1.I. The molecule has 1 fully saturated rings. The Kier molecular flexibility index (Phi) is 10.7. The van der Waals surface area contributed by atoms with Crippen LogP contribution in [0.3, 0.4) is 0 Å². The topological polar surface area (TPSA) is 73.6 Å². The molecule has 0 bridgehead atoms. The molecule has 0 saturated carbocycles. The van der Waals surface area contributed by atoms with Crippen LogP contribution in [-0.2, 0) is 13.6 Å². The van der Waals surface area contributed by atoms with Gasteiger partial charge in [-0.2, -0.15) is 5.10 Å². The van der Waals surface area contributed by atoms with E-state index >= 15 is 0 Å². The van der Waals surface area contributed by atoms with E-state index in [4.69, 9.17) is 11.6 Å². The standard InChI is InChI=1S/C20H31ClN8.HI/c1-3-22-20(24-15-19-25-16-26-27(19)2)23-8-5-9-28-10-12-29(13-11-28)18-7-4-6-17(21)14-18;/h4,6-7,14,16H,3,5,8-13,15H2,1-2H3,(H2,22,23,24);1H. The maximum Gasteiger partial charge on any atom is 0.191 e. The van der Waals surface area contributed by atoms with Crippen LogP contribution < -0.4 is 15.5 Å². The molecule has 1 aliphatic rings. The van der Waals surface area contributed by atoms with Crippen LogP contribution >= 0.6 is 35.6 Å². The highest BCUT2D eigenvalue weighted by molar-refractivity contribution is 14.0. The minimum Gasteiger partial charge on any atom is -0.369 e. The number of benzene rings is 1. The second-order valence-electron chi connectivity index (χ2n) is 7.08. The van der Waals surface area contributed by atoms with Gasteiger partial charge in [-0.1, -0.05) is 17.7 Å². The molecular weight excluding hydrogens is 515 g/mol. The van der Waals surface area contributed by atoms with Gasteiger partial charge in [0.25, 0.3) is 0 Å². The predicted molar refractivity (Wildman–Crippen MR) is 134 cm³/mol. The Morgan fingerprint density at radius 3 is 2.67 bits per heavy atom. The van der Waals surface area contributed by atoms with E-state index in [-0.39, 0.29) is 24.0 Å². The number of nitrogens with one attached hydrogen (secondary N) is 2. The third-order valence-electron chi connectivity index (χ3n) is 5.02. The first-order valence-corrected chi connectivity index (χ1v) is 10.6. The molecule has 0 spiro atoms. The summed E-state index contributed by atoms with van der Waals surface area (Å²) in [5, 5.41) is 11.6. The molecule has 1 aromatic heterocycles. The van der Waals surface area contributed by atoms with Gasteiger partial charge in [0.05, 0.1) is 0 Å². The van der Waals surface area contributed by atoms with Crippen molar-refractivity contribution in [1.82, 2.24) is 30.3 Å². The molecule has 0 aliphatic carbocycles. The lowest BCUT2D eigenvalue weighted by molar-refractivity contribution is 0.255. The Hall–Kier alpha value is -1.59. The molecular formula is C20H32ClIN8. The first-order valence-electron chi connectivity index (χ1n) is 10.2. The summed E-state index contributed by atoms with van der Waals surface area (Å²) in [5.41, 5.74) is 1.22. The maximum absolute atomic E-state index is 6.12. The fourth-order valence-electron chi connectivity index (χ4n) is 3.37. The summed E-state index contributed by atoms with van der Waals surface area (Å²) in [6, 6.07) is 8.12. The molecule has 1 saturated heterocycles. The van der Waals surface area contributed by atoms with Crippen LogP contribution in [0.2, 0.25) is 5.02 Å².